The Labute approximate surface area is 243 Å². The molecule has 2 saturated heterocycles. The number of benzene rings is 1. The van der Waals surface area contributed by atoms with E-state index in [9.17, 15) is 23.1 Å². The molecule has 0 bridgehead atoms. The summed E-state index contributed by atoms with van der Waals surface area (Å²) < 4.78 is 58.3. The second-order valence-corrected chi connectivity index (χ2v) is 10.4. The summed E-state index contributed by atoms with van der Waals surface area (Å²) in [5.41, 5.74) is 3.83. The van der Waals surface area contributed by atoms with E-state index in [-0.39, 0.29) is 23.9 Å². The van der Waals surface area contributed by atoms with Crippen LogP contribution in [0.15, 0.2) is 36.5 Å². The summed E-state index contributed by atoms with van der Waals surface area (Å²) in [6.07, 6.45) is -6.39. The minimum absolute atomic E-state index is 0.0293. The van der Waals surface area contributed by atoms with Gasteiger partial charge in [-0.05, 0) is 17.7 Å². The van der Waals surface area contributed by atoms with Gasteiger partial charge in [0.15, 0.2) is 11.8 Å². The summed E-state index contributed by atoms with van der Waals surface area (Å²) in [5, 5.41) is 14.1. The van der Waals surface area contributed by atoms with Crippen molar-refractivity contribution in [2.24, 2.45) is 0 Å². The molecule has 1 saturated carbocycles. The van der Waals surface area contributed by atoms with Crippen LogP contribution < -0.4 is 20.9 Å². The molecule has 2 aliphatic heterocycles. The average Bonchev–Trinajstić information content (AvgIpc) is 3.56. The largest absolute Gasteiger partial charge is 0.438 e. The quantitative estimate of drug-likeness (QED) is 0.324. The molecule has 1 unspecified atom stereocenters. The van der Waals surface area contributed by atoms with Gasteiger partial charge >= 0.3 is 12.3 Å². The Kier molecular flexibility index (Phi) is 7.43. The van der Waals surface area contributed by atoms with Crippen molar-refractivity contribution in [3.05, 3.63) is 47.8 Å². The van der Waals surface area contributed by atoms with E-state index in [4.69, 9.17) is 19.9 Å². The third kappa shape index (κ3) is 5.36. The fourth-order valence-electron chi connectivity index (χ4n) is 5.43. The molecule has 3 aromatic rings. The molecule has 228 valence electrons. The molecule has 4 N–H and O–H groups in total. The number of ether oxygens (including phenoxy) is 3. The highest BCUT2D eigenvalue weighted by Crippen LogP contribution is 2.58. The van der Waals surface area contributed by atoms with Gasteiger partial charge in [0.1, 0.15) is 11.4 Å². The number of nitrogen functional groups attached to an aromatic ring is 1. The summed E-state index contributed by atoms with van der Waals surface area (Å²) in [5.74, 6) is -0.503. The number of morpholine rings is 1. The molecule has 3 atom stereocenters. The highest BCUT2D eigenvalue weighted by Gasteiger charge is 2.71. The predicted octanol–water partition coefficient (Wildman–Crippen LogP) is 2.63. The number of cyclic esters (lactones) is 1. The Hall–Kier alpha value is -4.28. The van der Waals surface area contributed by atoms with Crippen molar-refractivity contribution in [1.82, 2.24) is 19.9 Å². The minimum atomic E-state index is -4.87. The molecular formula is C27H29F3N8O5. The van der Waals surface area contributed by atoms with E-state index in [1.54, 1.807) is 24.1 Å². The average molecular weight is 603 g/mol. The number of aromatic nitrogens is 4. The summed E-state index contributed by atoms with van der Waals surface area (Å²) in [6, 6.07) is 8.46. The molecule has 1 aromatic carbocycles. The van der Waals surface area contributed by atoms with Crippen LogP contribution in [0.5, 0.6) is 0 Å². The van der Waals surface area contributed by atoms with Gasteiger partial charge in [0, 0.05) is 56.7 Å². The van der Waals surface area contributed by atoms with Crippen LogP contribution in [0.25, 0.3) is 11.3 Å². The second kappa shape index (κ2) is 11.1. The van der Waals surface area contributed by atoms with E-state index >= 15 is 0 Å². The number of hydrogen-bond acceptors (Lipinski definition) is 12. The Bertz CT molecular complexity index is 1500. The number of anilines is 4. The van der Waals surface area contributed by atoms with Crippen molar-refractivity contribution in [3.63, 3.8) is 0 Å². The van der Waals surface area contributed by atoms with Gasteiger partial charge in [0.05, 0.1) is 31.6 Å². The molecule has 13 nitrogen and oxygen atoms in total. The molecule has 1 aliphatic carbocycles. The van der Waals surface area contributed by atoms with Gasteiger partial charge in [-0.15, -0.1) is 0 Å². The summed E-state index contributed by atoms with van der Waals surface area (Å²) in [4.78, 5) is 32.6. The van der Waals surface area contributed by atoms with Crippen molar-refractivity contribution in [3.8, 4) is 11.3 Å². The van der Waals surface area contributed by atoms with Crippen molar-refractivity contribution in [2.75, 3.05) is 67.4 Å². The lowest BCUT2D eigenvalue weighted by Crippen LogP contribution is -2.41. The number of alkyl halides is 3. The molecule has 3 fully saturated rings. The van der Waals surface area contributed by atoms with Gasteiger partial charge in [-0.2, -0.15) is 18.2 Å². The van der Waals surface area contributed by atoms with Crippen LogP contribution in [-0.2, 0) is 20.4 Å². The number of carbonyl (C=O) groups excluding carboxylic acids is 1. The zero-order chi connectivity index (χ0) is 30.4. The maximum Gasteiger partial charge on any atom is 0.434 e. The summed E-state index contributed by atoms with van der Waals surface area (Å²) in [7, 11) is 1.61. The first kappa shape index (κ1) is 28.8. The van der Waals surface area contributed by atoms with Crippen molar-refractivity contribution in [1.29, 1.82) is 0 Å². The normalized spacial score (nSPS) is 23.5. The second-order valence-electron chi connectivity index (χ2n) is 10.4. The fourth-order valence-corrected chi connectivity index (χ4v) is 5.43. The summed E-state index contributed by atoms with van der Waals surface area (Å²) >= 11 is 0. The minimum Gasteiger partial charge on any atom is -0.438 e. The van der Waals surface area contributed by atoms with Crippen molar-refractivity contribution < 1.29 is 37.3 Å². The van der Waals surface area contributed by atoms with Crippen LogP contribution in [0.2, 0.25) is 0 Å². The van der Waals surface area contributed by atoms with E-state index in [1.165, 1.54) is 11.0 Å². The number of nitrogens with one attached hydrogen (secondary N) is 1. The zero-order valence-corrected chi connectivity index (χ0v) is 23.0. The Morgan fingerprint density at radius 2 is 1.91 bits per heavy atom. The Balaban J connectivity index is 1.41. The van der Waals surface area contributed by atoms with E-state index in [0.29, 0.717) is 45.0 Å². The number of aliphatic hydroxyl groups is 1. The summed E-state index contributed by atoms with van der Waals surface area (Å²) in [6.45, 7) is 2.58. The topological polar surface area (TPSA) is 161 Å². The maximum atomic E-state index is 14.0. The number of rotatable bonds is 8. The predicted molar refractivity (Wildman–Crippen MR) is 147 cm³/mol. The maximum absolute atomic E-state index is 14.0. The zero-order valence-electron chi connectivity index (χ0n) is 23.0. The number of aliphatic hydroxyl groups excluding tert-OH is 1. The van der Waals surface area contributed by atoms with E-state index < -0.39 is 47.2 Å². The van der Waals surface area contributed by atoms with Gasteiger partial charge in [0.2, 0.25) is 11.9 Å². The van der Waals surface area contributed by atoms with Gasteiger partial charge in [0.25, 0.3) is 0 Å². The van der Waals surface area contributed by atoms with Gasteiger partial charge in [-0.25, -0.2) is 24.6 Å². The number of methoxy groups -OCH3 is 1. The molecule has 2 aromatic heterocycles. The first-order valence-electron chi connectivity index (χ1n) is 13.6. The number of hydrogen-bond donors (Lipinski definition) is 3. The molecule has 4 heterocycles. The van der Waals surface area contributed by atoms with Crippen molar-refractivity contribution in [2.45, 2.75) is 30.3 Å². The van der Waals surface area contributed by atoms with Crippen LogP contribution >= 0.6 is 0 Å². The lowest BCUT2D eigenvalue weighted by molar-refractivity contribution is -0.140. The molecule has 1 spiro atoms. The molecular weight excluding hydrogens is 573 g/mol. The molecule has 0 radical (unpaired) electrons. The van der Waals surface area contributed by atoms with Gasteiger partial charge in [-0.1, -0.05) is 12.1 Å². The SMILES string of the molecule is COCCNc1ccc([C@@H]2OC(=O)N(c3cc(-c4cnc(N)nc4C(F)(F)F)nc(N4CCOCC4)n3)C23C[C@H]3O)cc1. The molecule has 3 aliphatic rings. The number of carbonyl (C=O) groups is 1. The monoisotopic (exact) mass is 602 g/mol. The number of halogens is 3. The number of nitrogens with zero attached hydrogens (tertiary/aromatic N) is 6. The fraction of sp³-hybridized carbons (Fsp3) is 0.444. The first-order chi connectivity index (χ1) is 20.6. The smallest absolute Gasteiger partial charge is 0.434 e. The van der Waals surface area contributed by atoms with Gasteiger partial charge < -0.3 is 35.3 Å². The molecule has 6 rings (SSSR count). The molecule has 16 heteroatoms. The third-order valence-corrected chi connectivity index (χ3v) is 7.63. The highest BCUT2D eigenvalue weighted by molar-refractivity contribution is 5.93. The molecule has 1 amide bonds. The third-order valence-electron chi connectivity index (χ3n) is 7.63. The van der Waals surface area contributed by atoms with Crippen LogP contribution in [0, 0.1) is 0 Å². The molecule has 43 heavy (non-hydrogen) atoms. The van der Waals surface area contributed by atoms with E-state index in [2.05, 4.69) is 25.3 Å². The first-order valence-corrected chi connectivity index (χ1v) is 13.6. The van der Waals surface area contributed by atoms with Gasteiger partial charge in [-0.3, -0.25) is 0 Å². The number of nitrogens with two attached hydrogens (primary N) is 1. The van der Waals surface area contributed by atoms with Crippen LogP contribution in [0.4, 0.5) is 41.4 Å². The lowest BCUT2D eigenvalue weighted by atomic mass is 9.99. The number of amides is 1. The lowest BCUT2D eigenvalue weighted by Gasteiger charge is -2.29. The highest BCUT2D eigenvalue weighted by atomic mass is 19.4. The van der Waals surface area contributed by atoms with Crippen LogP contribution in [0.1, 0.15) is 23.8 Å². The standard InChI is InChI=1S/C27H29F3N8O5/c1-41-9-6-32-16-4-2-15(3-5-16)22-26(13-19(26)39)38(25(40)43-22)20-12-18(34-24(35-20)37-7-10-42-11-8-37)17-14-33-23(31)36-21(17)27(28,29)30/h2-5,12,14,19,22,32,39H,6-11,13H2,1H3,(H2,31,33,36)/t19-,22+,26?/m1/s1. The van der Waals surface area contributed by atoms with Crippen LogP contribution in [0.3, 0.4) is 0 Å². The van der Waals surface area contributed by atoms with Crippen molar-refractivity contribution >= 4 is 29.5 Å². The van der Waals surface area contributed by atoms with E-state index in [0.717, 1.165) is 11.9 Å². The van der Waals surface area contributed by atoms with E-state index in [1.807, 2.05) is 12.1 Å². The Morgan fingerprint density at radius 3 is 2.56 bits per heavy atom. The van der Waals surface area contributed by atoms with Crippen LogP contribution in [-0.4, -0.2) is 89.3 Å². The Morgan fingerprint density at radius 1 is 1.19 bits per heavy atom.